The maximum absolute atomic E-state index is 13.0. The molecule has 0 saturated heterocycles. The summed E-state index contributed by atoms with van der Waals surface area (Å²) in [6, 6.07) is 62.5. The largest absolute Gasteiger partial charge is 0.319 e. The molecule has 7 aromatic carbocycles. The third kappa shape index (κ3) is 7.77. The monoisotopic (exact) mass is 768 g/mol. The van der Waals surface area contributed by atoms with Gasteiger partial charge in [0, 0.05) is 38.7 Å². The fourth-order valence-corrected chi connectivity index (χ4v) is 7.73. The fraction of sp³-hybridized carbons (Fsp3) is 0.0400. The Morgan fingerprint density at radius 1 is 0.293 bits per heavy atom. The first kappa shape index (κ1) is 36.4. The summed E-state index contributed by atoms with van der Waals surface area (Å²) in [5.74, 6) is 3.48. The number of aromatic nitrogens is 6. The lowest BCUT2D eigenvalue weighted by molar-refractivity contribution is 0.588. The molecular weight excluding hydrogens is 732 g/mol. The van der Waals surface area contributed by atoms with Gasteiger partial charge in [-0.15, -0.1) is 0 Å². The molecular formula is C50H37N6OP. The topological polar surface area (TPSA) is 94.4 Å². The van der Waals surface area contributed by atoms with Crippen LogP contribution in [0, 0.1) is 0 Å². The second-order valence-electron chi connectivity index (χ2n) is 14.3. The molecule has 0 N–H and O–H groups in total. The van der Waals surface area contributed by atoms with Gasteiger partial charge in [-0.05, 0) is 47.7 Å². The lowest BCUT2D eigenvalue weighted by Gasteiger charge is -2.15. The predicted octanol–water partition coefficient (Wildman–Crippen LogP) is 11.6. The minimum Gasteiger partial charge on any atom is -0.319 e. The van der Waals surface area contributed by atoms with Gasteiger partial charge in [0.05, 0.1) is 0 Å². The minimum absolute atomic E-state index is 0.541. The van der Waals surface area contributed by atoms with E-state index in [0.29, 0.717) is 34.9 Å². The van der Waals surface area contributed by atoms with Crippen molar-refractivity contribution in [2.75, 3.05) is 13.3 Å². The van der Waals surface area contributed by atoms with E-state index in [1.165, 1.54) is 0 Å². The first-order valence-corrected chi connectivity index (χ1v) is 21.6. The molecule has 0 radical (unpaired) electrons. The highest BCUT2D eigenvalue weighted by Gasteiger charge is 2.19. The summed E-state index contributed by atoms with van der Waals surface area (Å²) in [6.45, 7) is 3.58. The third-order valence-corrected chi connectivity index (χ3v) is 11.5. The van der Waals surface area contributed by atoms with Crippen LogP contribution < -0.4 is 5.30 Å². The zero-order chi connectivity index (χ0) is 39.5. The molecule has 0 amide bonds. The molecule has 0 bridgehead atoms. The Morgan fingerprint density at radius 2 is 0.638 bits per heavy atom. The maximum Gasteiger partial charge on any atom is 0.164 e. The second kappa shape index (κ2) is 15.7. The van der Waals surface area contributed by atoms with Crippen LogP contribution >= 0.6 is 7.14 Å². The molecule has 0 fully saturated rings. The Labute approximate surface area is 337 Å². The van der Waals surface area contributed by atoms with Gasteiger partial charge in [-0.25, -0.2) is 29.9 Å². The Morgan fingerprint density at radius 3 is 1.07 bits per heavy atom. The van der Waals surface area contributed by atoms with E-state index in [-0.39, 0.29) is 0 Å². The van der Waals surface area contributed by atoms with Crippen molar-refractivity contribution in [1.82, 2.24) is 29.9 Å². The van der Waals surface area contributed by atoms with E-state index in [0.717, 1.165) is 60.9 Å². The first-order chi connectivity index (χ1) is 28.4. The number of hydrogen-bond donors (Lipinski definition) is 0. The highest BCUT2D eigenvalue weighted by Crippen LogP contribution is 2.39. The summed E-state index contributed by atoms with van der Waals surface area (Å²) in [7, 11) is -2.45. The van der Waals surface area contributed by atoms with Gasteiger partial charge in [-0.1, -0.05) is 176 Å². The van der Waals surface area contributed by atoms with E-state index in [4.69, 9.17) is 29.9 Å². The standard InChI is InChI=1S/C50H37N6OP/c1-58(2,57)42-29-26-34(27-30-42)43-31-28-40(33-44(43)50-55-47(37-20-11-5-12-21-37)52-48(56-50)38-22-13-6-14-23-38)39-24-15-25-41(32-39)49-53-45(35-16-7-3-8-17-35)51-46(54-49)36-18-9-4-10-19-36/h3-33H,1-2H3. The maximum atomic E-state index is 13.0. The molecule has 7 nitrogen and oxygen atoms in total. The molecule has 0 aliphatic rings. The highest BCUT2D eigenvalue weighted by molar-refractivity contribution is 7.70. The van der Waals surface area contributed by atoms with Crippen LogP contribution in [0.1, 0.15) is 0 Å². The summed E-state index contributed by atoms with van der Waals surface area (Å²) < 4.78 is 13.0. The van der Waals surface area contributed by atoms with Crippen molar-refractivity contribution in [3.63, 3.8) is 0 Å². The summed E-state index contributed by atoms with van der Waals surface area (Å²) in [5.41, 5.74) is 9.14. The predicted molar refractivity (Wildman–Crippen MR) is 236 cm³/mol. The van der Waals surface area contributed by atoms with Crippen molar-refractivity contribution in [2.24, 2.45) is 0 Å². The van der Waals surface area contributed by atoms with Crippen molar-refractivity contribution in [3.05, 3.63) is 188 Å². The summed E-state index contributed by atoms with van der Waals surface area (Å²) in [6.07, 6.45) is 0. The molecule has 0 saturated carbocycles. The van der Waals surface area contributed by atoms with E-state index in [9.17, 15) is 4.57 Å². The molecule has 0 spiro atoms. The zero-order valence-electron chi connectivity index (χ0n) is 31.9. The normalized spacial score (nSPS) is 11.3. The van der Waals surface area contributed by atoms with Crippen molar-refractivity contribution in [3.8, 4) is 90.6 Å². The van der Waals surface area contributed by atoms with Crippen molar-refractivity contribution >= 4 is 12.4 Å². The van der Waals surface area contributed by atoms with Crippen LogP contribution in [0.25, 0.3) is 90.6 Å². The fourth-order valence-electron chi connectivity index (χ4n) is 6.87. The second-order valence-corrected chi connectivity index (χ2v) is 17.5. The van der Waals surface area contributed by atoms with Crippen LogP contribution in [-0.2, 0) is 4.57 Å². The number of benzene rings is 7. The van der Waals surface area contributed by atoms with Gasteiger partial charge in [0.25, 0.3) is 0 Å². The highest BCUT2D eigenvalue weighted by atomic mass is 31.2. The van der Waals surface area contributed by atoms with Gasteiger partial charge in [0.1, 0.15) is 7.14 Å². The van der Waals surface area contributed by atoms with Crippen LogP contribution in [0.15, 0.2) is 188 Å². The van der Waals surface area contributed by atoms with E-state index >= 15 is 0 Å². The zero-order valence-corrected chi connectivity index (χ0v) is 32.8. The van der Waals surface area contributed by atoms with Gasteiger partial charge in [-0.2, -0.15) is 0 Å². The first-order valence-electron chi connectivity index (χ1n) is 19.0. The summed E-state index contributed by atoms with van der Waals surface area (Å²) >= 11 is 0. The summed E-state index contributed by atoms with van der Waals surface area (Å²) in [4.78, 5) is 30.1. The molecule has 0 aliphatic heterocycles. The third-order valence-electron chi connectivity index (χ3n) is 9.91. The van der Waals surface area contributed by atoms with E-state index in [1.807, 2.05) is 158 Å². The van der Waals surface area contributed by atoms with E-state index in [2.05, 4.69) is 30.3 Å². The van der Waals surface area contributed by atoms with Gasteiger partial charge < -0.3 is 4.57 Å². The van der Waals surface area contributed by atoms with Crippen molar-refractivity contribution in [1.29, 1.82) is 0 Å². The van der Waals surface area contributed by atoms with E-state index in [1.54, 1.807) is 13.3 Å². The quantitative estimate of drug-likeness (QED) is 0.135. The Hall–Kier alpha value is -7.21. The molecule has 278 valence electrons. The smallest absolute Gasteiger partial charge is 0.164 e. The number of rotatable bonds is 9. The lowest BCUT2D eigenvalue weighted by atomic mass is 9.93. The van der Waals surface area contributed by atoms with Crippen LogP contribution in [0.3, 0.4) is 0 Å². The average molecular weight is 769 g/mol. The Balaban J connectivity index is 1.21. The molecule has 9 rings (SSSR count). The van der Waals surface area contributed by atoms with Gasteiger partial charge >= 0.3 is 0 Å². The van der Waals surface area contributed by atoms with Crippen LogP contribution in [-0.4, -0.2) is 43.2 Å². The van der Waals surface area contributed by atoms with Crippen LogP contribution in [0.5, 0.6) is 0 Å². The van der Waals surface area contributed by atoms with Crippen LogP contribution in [0.2, 0.25) is 0 Å². The summed E-state index contributed by atoms with van der Waals surface area (Å²) in [5, 5.41) is 0.827. The molecule has 2 heterocycles. The Bertz CT molecular complexity index is 2800. The van der Waals surface area contributed by atoms with Crippen molar-refractivity contribution in [2.45, 2.75) is 0 Å². The van der Waals surface area contributed by atoms with E-state index < -0.39 is 7.14 Å². The average Bonchev–Trinajstić information content (AvgIpc) is 3.29. The molecule has 2 aromatic heterocycles. The number of hydrogen-bond acceptors (Lipinski definition) is 7. The molecule has 0 aliphatic carbocycles. The SMILES string of the molecule is CP(C)(=O)c1ccc(-c2ccc(-c3cccc(-c4nc(-c5ccccc5)nc(-c5ccccc5)n4)c3)cc2-c2nc(-c3ccccc3)nc(-c3ccccc3)n2)cc1. The van der Waals surface area contributed by atoms with Gasteiger partial charge in [0.15, 0.2) is 34.9 Å². The molecule has 0 unspecified atom stereocenters. The molecule has 9 aromatic rings. The lowest BCUT2D eigenvalue weighted by Crippen LogP contribution is -2.03. The van der Waals surface area contributed by atoms with Crippen molar-refractivity contribution < 1.29 is 4.57 Å². The number of nitrogens with zero attached hydrogens (tertiary/aromatic N) is 6. The van der Waals surface area contributed by atoms with Gasteiger partial charge in [-0.3, -0.25) is 0 Å². The Kier molecular flexibility index (Phi) is 9.88. The van der Waals surface area contributed by atoms with Gasteiger partial charge in [0.2, 0.25) is 0 Å². The minimum atomic E-state index is -2.45. The molecule has 0 atom stereocenters. The van der Waals surface area contributed by atoms with Crippen LogP contribution in [0.4, 0.5) is 0 Å². The molecule has 8 heteroatoms. The molecule has 58 heavy (non-hydrogen) atoms.